The minimum absolute atomic E-state index is 0.367. The average Bonchev–Trinajstić information content (AvgIpc) is 2.75. The molecule has 2 aromatic rings. The van der Waals surface area contributed by atoms with Gasteiger partial charge in [-0.15, -0.1) is 6.42 Å². The Hall–Kier alpha value is -2.54. The first kappa shape index (κ1) is 13.9. The Bertz CT molecular complexity index is 664. The van der Waals surface area contributed by atoms with E-state index in [-0.39, 0.29) is 0 Å². The fourth-order valence-electron chi connectivity index (χ4n) is 1.77. The number of carbonyl (C=O) groups is 1. The molecule has 0 saturated carbocycles. The first-order valence-corrected chi connectivity index (χ1v) is 6.25. The number of aryl methyl sites for hydroxylation is 1. The van der Waals surface area contributed by atoms with Crippen LogP contribution in [0.2, 0.25) is 0 Å². The summed E-state index contributed by atoms with van der Waals surface area (Å²) in [6, 6.07) is 9.46. The molecule has 4 heteroatoms. The van der Waals surface area contributed by atoms with Crippen LogP contribution in [0.4, 0.5) is 0 Å². The fourth-order valence-corrected chi connectivity index (χ4v) is 1.77. The first-order valence-electron chi connectivity index (χ1n) is 6.25. The molecule has 0 aliphatic rings. The van der Waals surface area contributed by atoms with Gasteiger partial charge in [0.2, 0.25) is 5.88 Å². The molecular formula is C16H16N2O2. The smallest absolute Gasteiger partial charge is 0.229 e. The van der Waals surface area contributed by atoms with Crippen molar-refractivity contribution in [2.75, 3.05) is 0 Å². The van der Waals surface area contributed by atoms with Crippen molar-refractivity contribution < 1.29 is 9.53 Å². The van der Waals surface area contributed by atoms with Crippen LogP contribution in [0, 0.1) is 19.3 Å². The summed E-state index contributed by atoms with van der Waals surface area (Å²) in [7, 11) is 0. The van der Waals surface area contributed by atoms with E-state index in [1.807, 2.05) is 30.3 Å². The monoisotopic (exact) mass is 268 g/mol. The van der Waals surface area contributed by atoms with Crippen molar-refractivity contribution in [3.05, 3.63) is 41.6 Å². The number of aldehydes is 1. The average molecular weight is 268 g/mol. The van der Waals surface area contributed by atoms with Gasteiger partial charge in [-0.1, -0.05) is 24.1 Å². The maximum Gasteiger partial charge on any atom is 0.229 e. The lowest BCUT2D eigenvalue weighted by Crippen LogP contribution is -2.27. The van der Waals surface area contributed by atoms with E-state index in [0.717, 1.165) is 12.0 Å². The molecule has 102 valence electrons. The predicted octanol–water partition coefficient (Wildman–Crippen LogP) is 2.78. The van der Waals surface area contributed by atoms with Crippen LogP contribution in [-0.2, 0) is 0 Å². The van der Waals surface area contributed by atoms with E-state index in [1.165, 1.54) is 0 Å². The predicted molar refractivity (Wildman–Crippen MR) is 77.2 cm³/mol. The van der Waals surface area contributed by atoms with Crippen LogP contribution in [-0.4, -0.2) is 21.7 Å². The Labute approximate surface area is 118 Å². The van der Waals surface area contributed by atoms with Crippen molar-refractivity contribution in [1.82, 2.24) is 9.78 Å². The first-order chi connectivity index (χ1) is 9.48. The minimum Gasteiger partial charge on any atom is -0.458 e. The van der Waals surface area contributed by atoms with E-state index in [1.54, 1.807) is 25.5 Å². The molecule has 2 rings (SSSR count). The quantitative estimate of drug-likeness (QED) is 0.632. The number of hydrogen-bond acceptors (Lipinski definition) is 3. The summed E-state index contributed by atoms with van der Waals surface area (Å²) in [5.74, 6) is 2.92. The highest BCUT2D eigenvalue weighted by Gasteiger charge is 2.24. The normalized spacial score (nSPS) is 10.9. The number of ether oxygens (including phenoxy) is 1. The van der Waals surface area contributed by atoms with Gasteiger partial charge in [0, 0.05) is 0 Å². The second-order valence-electron chi connectivity index (χ2n) is 4.93. The SMILES string of the molecule is C#CC(C)(C)Oc1c(C=O)c(C)nn1-c1ccccc1. The zero-order chi connectivity index (χ0) is 14.8. The summed E-state index contributed by atoms with van der Waals surface area (Å²) < 4.78 is 7.41. The molecule has 0 aliphatic carbocycles. The van der Waals surface area contributed by atoms with Gasteiger partial charge in [-0.25, -0.2) is 4.68 Å². The van der Waals surface area contributed by atoms with Crippen LogP contribution < -0.4 is 4.74 Å². The van der Waals surface area contributed by atoms with Gasteiger partial charge in [0.1, 0.15) is 0 Å². The lowest BCUT2D eigenvalue weighted by molar-refractivity contribution is 0.110. The number of carbonyl (C=O) groups excluding carboxylic acids is 1. The summed E-state index contributed by atoms with van der Waals surface area (Å²) in [4.78, 5) is 11.3. The molecule has 0 amide bonds. The Balaban J connectivity index is 2.59. The van der Waals surface area contributed by atoms with Gasteiger partial charge in [0.05, 0.1) is 16.9 Å². The summed E-state index contributed by atoms with van der Waals surface area (Å²) in [6.45, 7) is 5.29. The molecule has 1 aromatic carbocycles. The molecule has 0 N–H and O–H groups in total. The van der Waals surface area contributed by atoms with Crippen molar-refractivity contribution in [2.45, 2.75) is 26.4 Å². The van der Waals surface area contributed by atoms with E-state index < -0.39 is 5.60 Å². The number of benzene rings is 1. The molecule has 0 saturated heterocycles. The van der Waals surface area contributed by atoms with Gasteiger partial charge in [-0.05, 0) is 32.9 Å². The van der Waals surface area contributed by atoms with Crippen LogP contribution in [0.5, 0.6) is 5.88 Å². The Morgan fingerprint density at radius 3 is 2.55 bits per heavy atom. The minimum atomic E-state index is -0.823. The van der Waals surface area contributed by atoms with Crippen molar-refractivity contribution in [2.24, 2.45) is 0 Å². The van der Waals surface area contributed by atoms with Crippen molar-refractivity contribution in [3.8, 4) is 23.9 Å². The van der Waals surface area contributed by atoms with Crippen molar-refractivity contribution in [1.29, 1.82) is 0 Å². The lowest BCUT2D eigenvalue weighted by Gasteiger charge is -2.21. The molecule has 0 aliphatic heterocycles. The second kappa shape index (κ2) is 5.22. The third-order valence-electron chi connectivity index (χ3n) is 2.88. The van der Waals surface area contributed by atoms with Crippen LogP contribution >= 0.6 is 0 Å². The molecule has 1 aromatic heterocycles. The van der Waals surface area contributed by atoms with Crippen molar-refractivity contribution in [3.63, 3.8) is 0 Å². The number of rotatable bonds is 4. The molecule has 0 radical (unpaired) electrons. The number of aromatic nitrogens is 2. The van der Waals surface area contributed by atoms with Gasteiger partial charge in [-0.3, -0.25) is 4.79 Å². The van der Waals surface area contributed by atoms with E-state index in [9.17, 15) is 4.79 Å². The number of para-hydroxylation sites is 1. The Morgan fingerprint density at radius 1 is 1.35 bits per heavy atom. The zero-order valence-electron chi connectivity index (χ0n) is 11.8. The number of nitrogens with zero attached hydrogens (tertiary/aromatic N) is 2. The van der Waals surface area contributed by atoms with Crippen LogP contribution in [0.3, 0.4) is 0 Å². The summed E-state index contributed by atoms with van der Waals surface area (Å²) >= 11 is 0. The van der Waals surface area contributed by atoms with Crippen LogP contribution in [0.15, 0.2) is 30.3 Å². The lowest BCUT2D eigenvalue weighted by atomic mass is 10.1. The highest BCUT2D eigenvalue weighted by molar-refractivity contribution is 5.80. The van der Waals surface area contributed by atoms with Gasteiger partial charge >= 0.3 is 0 Å². The summed E-state index contributed by atoms with van der Waals surface area (Å²) in [5.41, 5.74) is 1.01. The van der Waals surface area contributed by atoms with Gasteiger partial charge in [0.15, 0.2) is 11.9 Å². The van der Waals surface area contributed by atoms with E-state index in [2.05, 4.69) is 11.0 Å². The highest BCUT2D eigenvalue weighted by atomic mass is 16.5. The number of terminal acetylenes is 1. The maximum absolute atomic E-state index is 11.3. The van der Waals surface area contributed by atoms with Gasteiger partial charge in [-0.2, -0.15) is 5.10 Å². The van der Waals surface area contributed by atoms with Crippen LogP contribution in [0.25, 0.3) is 5.69 Å². The van der Waals surface area contributed by atoms with E-state index in [4.69, 9.17) is 11.2 Å². The molecular weight excluding hydrogens is 252 g/mol. The number of hydrogen-bond donors (Lipinski definition) is 0. The summed E-state index contributed by atoms with van der Waals surface area (Å²) in [5, 5.41) is 4.36. The largest absolute Gasteiger partial charge is 0.458 e. The molecule has 0 spiro atoms. The van der Waals surface area contributed by atoms with Crippen molar-refractivity contribution >= 4 is 6.29 Å². The molecule has 0 bridgehead atoms. The third kappa shape index (κ3) is 2.57. The Morgan fingerprint density at radius 2 is 2.00 bits per heavy atom. The van der Waals surface area contributed by atoms with E-state index in [0.29, 0.717) is 17.1 Å². The standard InChI is InChI=1S/C16H16N2O2/c1-5-16(3,4)20-15-14(11-19)12(2)17-18(15)13-9-7-6-8-10-13/h1,6-11H,2-4H3. The molecule has 0 unspecified atom stereocenters. The topological polar surface area (TPSA) is 44.1 Å². The Kier molecular flexibility index (Phi) is 3.62. The second-order valence-corrected chi connectivity index (χ2v) is 4.93. The maximum atomic E-state index is 11.3. The molecule has 20 heavy (non-hydrogen) atoms. The molecule has 1 heterocycles. The van der Waals surface area contributed by atoms with Crippen LogP contribution in [0.1, 0.15) is 29.9 Å². The molecule has 0 atom stereocenters. The zero-order valence-corrected chi connectivity index (χ0v) is 11.8. The molecule has 4 nitrogen and oxygen atoms in total. The van der Waals surface area contributed by atoms with Gasteiger partial charge < -0.3 is 4.74 Å². The summed E-state index contributed by atoms with van der Waals surface area (Å²) in [6.07, 6.45) is 6.19. The highest BCUT2D eigenvalue weighted by Crippen LogP contribution is 2.27. The van der Waals surface area contributed by atoms with Gasteiger partial charge in [0.25, 0.3) is 0 Å². The fraction of sp³-hybridized carbons (Fsp3) is 0.250. The molecule has 0 fully saturated rings. The van der Waals surface area contributed by atoms with E-state index >= 15 is 0 Å². The third-order valence-corrected chi connectivity index (χ3v) is 2.88.